The van der Waals surface area contributed by atoms with Gasteiger partial charge in [0.05, 0.1) is 0 Å². The Labute approximate surface area is 117 Å². The Kier molecular flexibility index (Phi) is 7.53. The molecule has 0 saturated carbocycles. The highest BCUT2D eigenvalue weighted by molar-refractivity contribution is 5.27. The molecule has 108 valence electrons. The second-order valence-electron chi connectivity index (χ2n) is 5.16. The Hall–Kier alpha value is -1.06. The van der Waals surface area contributed by atoms with E-state index in [2.05, 4.69) is 37.8 Å². The van der Waals surface area contributed by atoms with Gasteiger partial charge in [0.15, 0.2) is 0 Å². The van der Waals surface area contributed by atoms with Crippen LogP contribution in [-0.2, 0) is 6.42 Å². The minimum atomic E-state index is 0.579. The van der Waals surface area contributed by atoms with Gasteiger partial charge in [-0.2, -0.15) is 0 Å². The van der Waals surface area contributed by atoms with Gasteiger partial charge in [0.25, 0.3) is 0 Å². The number of nitrogens with zero attached hydrogens (tertiary/aromatic N) is 1. The highest BCUT2D eigenvalue weighted by Gasteiger charge is 2.07. The Morgan fingerprint density at radius 2 is 1.84 bits per heavy atom. The van der Waals surface area contributed by atoms with Gasteiger partial charge in [-0.25, -0.2) is 0 Å². The number of ether oxygens (including phenoxy) is 1. The summed E-state index contributed by atoms with van der Waals surface area (Å²) in [6.07, 6.45) is 2.11. The maximum absolute atomic E-state index is 5.79. The van der Waals surface area contributed by atoms with Gasteiger partial charge in [0.1, 0.15) is 12.4 Å². The lowest BCUT2D eigenvalue weighted by atomic mass is 10.1. The van der Waals surface area contributed by atoms with Gasteiger partial charge >= 0.3 is 0 Å². The largest absolute Gasteiger partial charge is 0.492 e. The van der Waals surface area contributed by atoms with E-state index in [9.17, 15) is 0 Å². The minimum absolute atomic E-state index is 0.579. The summed E-state index contributed by atoms with van der Waals surface area (Å²) in [6, 6.07) is 8.83. The molecular formula is C16H28N2O. The average molecular weight is 264 g/mol. The quantitative estimate of drug-likeness (QED) is 0.745. The van der Waals surface area contributed by atoms with Crippen LogP contribution in [0.15, 0.2) is 24.3 Å². The summed E-state index contributed by atoms with van der Waals surface area (Å²) in [5, 5.41) is 0. The summed E-state index contributed by atoms with van der Waals surface area (Å²) in [5.74, 6) is 0.945. The molecule has 2 N–H and O–H groups in total. The molecule has 0 aromatic heterocycles. The Bertz CT molecular complexity index is 335. The lowest BCUT2D eigenvalue weighted by molar-refractivity contribution is 0.176. The lowest BCUT2D eigenvalue weighted by Gasteiger charge is -2.25. The first-order valence-electron chi connectivity index (χ1n) is 7.33. The molecule has 0 fully saturated rings. The summed E-state index contributed by atoms with van der Waals surface area (Å²) in [5.41, 5.74) is 6.80. The van der Waals surface area contributed by atoms with Gasteiger partial charge in [0.2, 0.25) is 0 Å². The first kappa shape index (κ1) is 16.0. The number of nitrogens with two attached hydrogens (primary N) is 1. The predicted octanol–water partition coefficient (Wildman–Crippen LogP) is 2.69. The maximum Gasteiger partial charge on any atom is 0.119 e. The van der Waals surface area contributed by atoms with Crippen LogP contribution in [0.4, 0.5) is 0 Å². The van der Waals surface area contributed by atoms with Crippen molar-refractivity contribution in [1.82, 2.24) is 4.90 Å². The fourth-order valence-corrected chi connectivity index (χ4v) is 2.12. The van der Waals surface area contributed by atoms with Crippen molar-refractivity contribution in [1.29, 1.82) is 0 Å². The van der Waals surface area contributed by atoms with Crippen LogP contribution < -0.4 is 10.5 Å². The van der Waals surface area contributed by atoms with Gasteiger partial charge in [-0.3, -0.25) is 4.90 Å². The third-order valence-electron chi connectivity index (χ3n) is 3.24. The number of hydrogen-bond acceptors (Lipinski definition) is 3. The van der Waals surface area contributed by atoms with Crippen molar-refractivity contribution in [2.45, 2.75) is 39.7 Å². The van der Waals surface area contributed by atoms with E-state index >= 15 is 0 Å². The SMILES string of the molecule is CCCN(CCOc1ccc(CCN)cc1)C(C)C. The zero-order chi connectivity index (χ0) is 14.1. The molecule has 0 aliphatic carbocycles. The van der Waals surface area contributed by atoms with Crippen LogP contribution in [0.2, 0.25) is 0 Å². The van der Waals surface area contributed by atoms with Crippen molar-refractivity contribution in [2.24, 2.45) is 5.73 Å². The van der Waals surface area contributed by atoms with E-state index in [1.165, 1.54) is 12.0 Å². The van der Waals surface area contributed by atoms with Crippen molar-refractivity contribution in [2.75, 3.05) is 26.2 Å². The fraction of sp³-hybridized carbons (Fsp3) is 0.625. The van der Waals surface area contributed by atoms with Gasteiger partial charge in [-0.1, -0.05) is 19.1 Å². The Morgan fingerprint density at radius 1 is 1.16 bits per heavy atom. The van der Waals surface area contributed by atoms with Gasteiger partial charge in [0, 0.05) is 12.6 Å². The topological polar surface area (TPSA) is 38.5 Å². The van der Waals surface area contributed by atoms with Crippen molar-refractivity contribution < 1.29 is 4.74 Å². The van der Waals surface area contributed by atoms with E-state index in [4.69, 9.17) is 10.5 Å². The molecule has 0 bridgehead atoms. The van der Waals surface area contributed by atoms with Crippen molar-refractivity contribution in [3.8, 4) is 5.75 Å². The molecule has 19 heavy (non-hydrogen) atoms. The van der Waals surface area contributed by atoms with Crippen LogP contribution in [0, 0.1) is 0 Å². The zero-order valence-corrected chi connectivity index (χ0v) is 12.6. The Morgan fingerprint density at radius 3 is 2.37 bits per heavy atom. The number of rotatable bonds is 9. The third kappa shape index (κ3) is 6.08. The fourth-order valence-electron chi connectivity index (χ4n) is 2.12. The third-order valence-corrected chi connectivity index (χ3v) is 3.24. The van der Waals surface area contributed by atoms with Crippen LogP contribution >= 0.6 is 0 Å². The Balaban J connectivity index is 2.35. The van der Waals surface area contributed by atoms with Crippen molar-refractivity contribution in [3.05, 3.63) is 29.8 Å². The second kappa shape index (κ2) is 8.94. The molecule has 0 heterocycles. The second-order valence-corrected chi connectivity index (χ2v) is 5.16. The van der Waals surface area contributed by atoms with Gasteiger partial charge < -0.3 is 10.5 Å². The normalized spacial score (nSPS) is 11.3. The number of hydrogen-bond donors (Lipinski definition) is 1. The summed E-state index contributed by atoms with van der Waals surface area (Å²) in [6.45, 7) is 10.2. The van der Waals surface area contributed by atoms with Crippen molar-refractivity contribution >= 4 is 0 Å². The zero-order valence-electron chi connectivity index (χ0n) is 12.6. The molecule has 1 aromatic rings. The molecular weight excluding hydrogens is 236 g/mol. The van der Waals surface area contributed by atoms with E-state index < -0.39 is 0 Å². The molecule has 3 heteroatoms. The molecule has 0 amide bonds. The first-order valence-corrected chi connectivity index (χ1v) is 7.33. The van der Waals surface area contributed by atoms with Crippen molar-refractivity contribution in [3.63, 3.8) is 0 Å². The summed E-state index contributed by atoms with van der Waals surface area (Å²) in [7, 11) is 0. The summed E-state index contributed by atoms with van der Waals surface area (Å²) < 4.78 is 5.79. The van der Waals surface area contributed by atoms with Gasteiger partial charge in [-0.15, -0.1) is 0 Å². The van der Waals surface area contributed by atoms with Gasteiger partial charge in [-0.05, 0) is 57.5 Å². The van der Waals surface area contributed by atoms with E-state index in [0.29, 0.717) is 12.6 Å². The molecule has 0 unspecified atom stereocenters. The van der Waals surface area contributed by atoms with E-state index in [-0.39, 0.29) is 0 Å². The minimum Gasteiger partial charge on any atom is -0.492 e. The predicted molar refractivity (Wildman–Crippen MR) is 81.7 cm³/mol. The summed E-state index contributed by atoms with van der Waals surface area (Å²) >= 11 is 0. The van der Waals surface area contributed by atoms with Crippen LogP contribution in [0.25, 0.3) is 0 Å². The number of benzene rings is 1. The van der Waals surface area contributed by atoms with E-state index in [1.54, 1.807) is 0 Å². The molecule has 0 atom stereocenters. The molecule has 0 aliphatic rings. The molecule has 0 spiro atoms. The molecule has 3 nitrogen and oxygen atoms in total. The smallest absolute Gasteiger partial charge is 0.119 e. The maximum atomic E-state index is 5.79. The summed E-state index contributed by atoms with van der Waals surface area (Å²) in [4.78, 5) is 2.45. The molecule has 1 rings (SSSR count). The average Bonchev–Trinajstić information content (AvgIpc) is 2.40. The highest BCUT2D eigenvalue weighted by Crippen LogP contribution is 2.12. The molecule has 0 saturated heterocycles. The van der Waals surface area contributed by atoms with Crippen LogP contribution in [0.1, 0.15) is 32.8 Å². The molecule has 0 aliphatic heterocycles. The molecule has 1 aromatic carbocycles. The standard InChI is InChI=1S/C16H28N2O/c1-4-11-18(14(2)3)12-13-19-16-7-5-15(6-8-16)9-10-17/h5-8,14H,4,9-13,17H2,1-3H3. The highest BCUT2D eigenvalue weighted by atomic mass is 16.5. The van der Waals surface area contributed by atoms with E-state index in [0.717, 1.165) is 31.9 Å². The first-order chi connectivity index (χ1) is 9.17. The molecule has 0 radical (unpaired) electrons. The van der Waals surface area contributed by atoms with E-state index in [1.807, 2.05) is 12.1 Å². The lowest BCUT2D eigenvalue weighted by Crippen LogP contribution is -2.35. The van der Waals surface area contributed by atoms with Crippen LogP contribution in [0.5, 0.6) is 5.75 Å². The van der Waals surface area contributed by atoms with Crippen LogP contribution in [-0.4, -0.2) is 37.2 Å². The van der Waals surface area contributed by atoms with Crippen LogP contribution in [0.3, 0.4) is 0 Å². The monoisotopic (exact) mass is 264 g/mol.